The zero-order chi connectivity index (χ0) is 20.2. The Labute approximate surface area is 168 Å². The second-order valence-electron chi connectivity index (χ2n) is 7.09. The summed E-state index contributed by atoms with van der Waals surface area (Å²) in [6.07, 6.45) is -1.05. The van der Waals surface area contributed by atoms with E-state index < -0.39 is 6.09 Å². The molecule has 0 radical (unpaired) electrons. The molecule has 8 heteroatoms. The van der Waals surface area contributed by atoms with Gasteiger partial charge in [-0.3, -0.25) is 10.2 Å². The predicted octanol–water partition coefficient (Wildman–Crippen LogP) is 3.46. The number of aryl methyl sites for hydroxylation is 1. The molecule has 0 atom stereocenters. The number of rotatable bonds is 5. The lowest BCUT2D eigenvalue weighted by molar-refractivity contribution is 0.209. The molecule has 0 unspecified atom stereocenters. The summed E-state index contributed by atoms with van der Waals surface area (Å²) in [5.41, 5.74) is 3.85. The highest BCUT2D eigenvalue weighted by Gasteiger charge is 2.18. The van der Waals surface area contributed by atoms with Gasteiger partial charge in [-0.15, -0.1) is 0 Å². The Bertz CT molecular complexity index is 978. The molecule has 1 aliphatic heterocycles. The van der Waals surface area contributed by atoms with Crippen LogP contribution < -0.4 is 10.2 Å². The van der Waals surface area contributed by atoms with Gasteiger partial charge in [0.1, 0.15) is 0 Å². The molecular weight excluding hydrogens is 370 g/mol. The standard InChI is InChI=1S/C21H23N5O3/c1-15-22-20(29-24-15)17-4-2-3-16(13-17)14-25-9-11-26(12-10-25)19-7-5-18(6-8-19)23-21(27)28/h2-8,13,23H,9-12,14H2,1H3,(H,27,28). The Kier molecular flexibility index (Phi) is 5.44. The fraction of sp³-hybridized carbons (Fsp3) is 0.286. The van der Waals surface area contributed by atoms with Gasteiger partial charge in [0.25, 0.3) is 5.89 Å². The van der Waals surface area contributed by atoms with Crippen molar-refractivity contribution in [3.63, 3.8) is 0 Å². The van der Waals surface area contributed by atoms with E-state index in [-0.39, 0.29) is 0 Å². The average molecular weight is 393 g/mol. The molecule has 0 spiro atoms. The number of anilines is 2. The van der Waals surface area contributed by atoms with E-state index in [0.29, 0.717) is 17.4 Å². The van der Waals surface area contributed by atoms with E-state index in [4.69, 9.17) is 9.63 Å². The van der Waals surface area contributed by atoms with Crippen molar-refractivity contribution in [3.05, 3.63) is 59.9 Å². The maximum Gasteiger partial charge on any atom is 0.409 e. The molecule has 3 aromatic rings. The molecule has 2 aromatic carbocycles. The summed E-state index contributed by atoms with van der Waals surface area (Å²) in [6, 6.07) is 15.7. The summed E-state index contributed by atoms with van der Waals surface area (Å²) in [7, 11) is 0. The molecule has 1 saturated heterocycles. The third-order valence-corrected chi connectivity index (χ3v) is 4.96. The molecule has 2 heterocycles. The first-order chi connectivity index (χ1) is 14.1. The van der Waals surface area contributed by atoms with Crippen LogP contribution in [0.5, 0.6) is 0 Å². The van der Waals surface area contributed by atoms with Gasteiger partial charge in [-0.2, -0.15) is 4.98 Å². The lowest BCUT2D eigenvalue weighted by Gasteiger charge is -2.36. The van der Waals surface area contributed by atoms with Gasteiger partial charge in [0.2, 0.25) is 0 Å². The number of carboxylic acid groups (broad SMARTS) is 1. The van der Waals surface area contributed by atoms with Gasteiger partial charge in [0, 0.05) is 49.7 Å². The highest BCUT2D eigenvalue weighted by Crippen LogP contribution is 2.22. The average Bonchev–Trinajstić information content (AvgIpc) is 3.16. The van der Waals surface area contributed by atoms with Crippen LogP contribution in [0.2, 0.25) is 0 Å². The molecule has 0 aliphatic carbocycles. The van der Waals surface area contributed by atoms with Crippen LogP contribution in [0, 0.1) is 6.92 Å². The van der Waals surface area contributed by atoms with E-state index in [1.54, 1.807) is 12.1 Å². The molecule has 0 bridgehead atoms. The number of aromatic nitrogens is 2. The number of benzene rings is 2. The van der Waals surface area contributed by atoms with Crippen LogP contribution in [-0.2, 0) is 6.54 Å². The molecule has 150 valence electrons. The van der Waals surface area contributed by atoms with Crippen molar-refractivity contribution in [1.82, 2.24) is 15.0 Å². The zero-order valence-electron chi connectivity index (χ0n) is 16.2. The monoisotopic (exact) mass is 393 g/mol. The zero-order valence-corrected chi connectivity index (χ0v) is 16.2. The second-order valence-corrected chi connectivity index (χ2v) is 7.09. The fourth-order valence-electron chi connectivity index (χ4n) is 3.52. The Hall–Kier alpha value is -3.39. The van der Waals surface area contributed by atoms with Crippen LogP contribution in [-0.4, -0.2) is 52.4 Å². The molecule has 8 nitrogen and oxygen atoms in total. The maximum atomic E-state index is 10.7. The number of nitrogens with one attached hydrogen (secondary N) is 1. The van der Waals surface area contributed by atoms with E-state index in [1.165, 1.54) is 5.56 Å². The van der Waals surface area contributed by atoms with Crippen LogP contribution in [0.4, 0.5) is 16.2 Å². The predicted molar refractivity (Wildman–Crippen MR) is 110 cm³/mol. The summed E-state index contributed by atoms with van der Waals surface area (Å²) in [4.78, 5) is 19.7. The number of piperazine rings is 1. The molecule has 29 heavy (non-hydrogen) atoms. The first kappa shape index (κ1) is 18.9. The first-order valence-corrected chi connectivity index (χ1v) is 9.54. The third kappa shape index (κ3) is 4.72. The Morgan fingerprint density at radius 3 is 2.55 bits per heavy atom. The normalized spacial score (nSPS) is 14.7. The van der Waals surface area contributed by atoms with Gasteiger partial charge < -0.3 is 14.5 Å². The van der Waals surface area contributed by atoms with E-state index in [0.717, 1.165) is 44.0 Å². The Balaban J connectivity index is 1.34. The summed E-state index contributed by atoms with van der Waals surface area (Å²) in [5, 5.41) is 15.0. The van der Waals surface area contributed by atoms with Gasteiger partial charge in [0.15, 0.2) is 5.82 Å². The number of hydrogen-bond acceptors (Lipinski definition) is 6. The van der Waals surface area contributed by atoms with Gasteiger partial charge in [-0.1, -0.05) is 17.3 Å². The second kappa shape index (κ2) is 8.32. The Morgan fingerprint density at radius 1 is 1.14 bits per heavy atom. The van der Waals surface area contributed by atoms with Crippen molar-refractivity contribution in [1.29, 1.82) is 0 Å². The number of amides is 1. The van der Waals surface area contributed by atoms with E-state index in [1.807, 2.05) is 31.2 Å². The molecule has 1 aliphatic rings. The molecule has 1 amide bonds. The summed E-state index contributed by atoms with van der Waals surface area (Å²) >= 11 is 0. The molecule has 0 saturated carbocycles. The largest absolute Gasteiger partial charge is 0.465 e. The highest BCUT2D eigenvalue weighted by molar-refractivity contribution is 5.83. The smallest absolute Gasteiger partial charge is 0.409 e. The number of carbonyl (C=O) groups is 1. The number of nitrogens with zero attached hydrogens (tertiary/aromatic N) is 4. The summed E-state index contributed by atoms with van der Waals surface area (Å²) in [5.74, 6) is 1.18. The summed E-state index contributed by atoms with van der Waals surface area (Å²) in [6.45, 7) is 6.45. The first-order valence-electron chi connectivity index (χ1n) is 9.54. The van der Waals surface area contributed by atoms with Crippen LogP contribution in [0.1, 0.15) is 11.4 Å². The molecule has 1 fully saturated rings. The minimum absolute atomic E-state index is 0.551. The van der Waals surface area contributed by atoms with Crippen molar-refractivity contribution in [3.8, 4) is 11.5 Å². The van der Waals surface area contributed by atoms with Crippen LogP contribution >= 0.6 is 0 Å². The van der Waals surface area contributed by atoms with E-state index >= 15 is 0 Å². The third-order valence-electron chi connectivity index (χ3n) is 4.96. The van der Waals surface area contributed by atoms with Gasteiger partial charge in [0.05, 0.1) is 0 Å². The Morgan fingerprint density at radius 2 is 1.90 bits per heavy atom. The quantitative estimate of drug-likeness (QED) is 0.685. The minimum atomic E-state index is -1.05. The summed E-state index contributed by atoms with van der Waals surface area (Å²) < 4.78 is 5.27. The van der Waals surface area contributed by atoms with Crippen LogP contribution in [0.15, 0.2) is 53.1 Å². The van der Waals surface area contributed by atoms with Crippen molar-refractivity contribution in [2.75, 3.05) is 36.4 Å². The van der Waals surface area contributed by atoms with Crippen molar-refractivity contribution in [2.45, 2.75) is 13.5 Å². The van der Waals surface area contributed by atoms with E-state index in [2.05, 4.69) is 37.4 Å². The van der Waals surface area contributed by atoms with Crippen molar-refractivity contribution >= 4 is 17.5 Å². The van der Waals surface area contributed by atoms with Crippen LogP contribution in [0.3, 0.4) is 0 Å². The van der Waals surface area contributed by atoms with Crippen LogP contribution in [0.25, 0.3) is 11.5 Å². The molecule has 1 aromatic heterocycles. The lowest BCUT2D eigenvalue weighted by Crippen LogP contribution is -2.45. The molecule has 2 N–H and O–H groups in total. The van der Waals surface area contributed by atoms with Crippen molar-refractivity contribution in [2.24, 2.45) is 0 Å². The minimum Gasteiger partial charge on any atom is -0.465 e. The molecule has 4 rings (SSSR count). The maximum absolute atomic E-state index is 10.7. The van der Waals surface area contributed by atoms with Gasteiger partial charge in [-0.25, -0.2) is 4.79 Å². The fourth-order valence-corrected chi connectivity index (χ4v) is 3.52. The SMILES string of the molecule is Cc1noc(-c2cccc(CN3CCN(c4ccc(NC(=O)O)cc4)CC3)c2)n1. The van der Waals surface area contributed by atoms with Crippen molar-refractivity contribution < 1.29 is 14.4 Å². The van der Waals surface area contributed by atoms with Gasteiger partial charge in [-0.05, 0) is 48.9 Å². The highest BCUT2D eigenvalue weighted by atomic mass is 16.5. The van der Waals surface area contributed by atoms with Gasteiger partial charge >= 0.3 is 6.09 Å². The molecular formula is C21H23N5O3. The lowest BCUT2D eigenvalue weighted by atomic mass is 10.1. The topological polar surface area (TPSA) is 94.7 Å². The van der Waals surface area contributed by atoms with E-state index in [9.17, 15) is 4.79 Å². The number of hydrogen-bond donors (Lipinski definition) is 2.